The van der Waals surface area contributed by atoms with Crippen molar-refractivity contribution in [2.75, 3.05) is 0 Å². The van der Waals surface area contributed by atoms with E-state index in [1.54, 1.807) is 48.8 Å². The summed E-state index contributed by atoms with van der Waals surface area (Å²) >= 11 is 3.36. The van der Waals surface area contributed by atoms with Gasteiger partial charge >= 0.3 is 0 Å². The van der Waals surface area contributed by atoms with E-state index in [4.69, 9.17) is 0 Å². The van der Waals surface area contributed by atoms with Crippen LogP contribution in [-0.4, -0.2) is 18.9 Å². The predicted octanol–water partition coefficient (Wildman–Crippen LogP) is 2.30. The smallest absolute Gasteiger partial charge is 0.265 e. The number of benzene rings is 1. The SMILES string of the molecule is O=S(=O)(c1ccccc1)N1C=CC2=CC(Br)=CNC21. The van der Waals surface area contributed by atoms with Gasteiger partial charge in [0.1, 0.15) is 6.17 Å². The molecule has 1 unspecified atom stereocenters. The van der Waals surface area contributed by atoms with E-state index in [1.807, 2.05) is 6.08 Å². The molecule has 0 spiro atoms. The van der Waals surface area contributed by atoms with E-state index in [1.165, 1.54) is 4.31 Å². The zero-order valence-corrected chi connectivity index (χ0v) is 12.2. The Morgan fingerprint density at radius 2 is 1.95 bits per heavy atom. The molecule has 1 N–H and O–H groups in total. The van der Waals surface area contributed by atoms with E-state index >= 15 is 0 Å². The molecular weight excluding hydrogens is 328 g/mol. The lowest BCUT2D eigenvalue weighted by atomic mass is 10.2. The number of sulfonamides is 1. The number of fused-ring (bicyclic) bond motifs is 1. The summed E-state index contributed by atoms with van der Waals surface area (Å²) in [6, 6.07) is 8.42. The van der Waals surface area contributed by atoms with Crippen molar-refractivity contribution in [3.8, 4) is 0 Å². The molecule has 0 saturated carbocycles. The quantitative estimate of drug-likeness (QED) is 0.900. The molecule has 0 amide bonds. The number of hydrogen-bond donors (Lipinski definition) is 1. The van der Waals surface area contributed by atoms with E-state index in [0.29, 0.717) is 0 Å². The summed E-state index contributed by atoms with van der Waals surface area (Å²) in [5, 5.41) is 3.06. The van der Waals surface area contributed by atoms with Crippen LogP contribution in [0.4, 0.5) is 0 Å². The molecule has 0 radical (unpaired) electrons. The van der Waals surface area contributed by atoms with Crippen LogP contribution < -0.4 is 5.32 Å². The number of nitrogens with one attached hydrogen (secondary N) is 1. The highest BCUT2D eigenvalue weighted by Crippen LogP contribution is 2.30. The van der Waals surface area contributed by atoms with Crippen LogP contribution in [0.1, 0.15) is 0 Å². The fourth-order valence-electron chi connectivity index (χ4n) is 2.07. The van der Waals surface area contributed by atoms with E-state index in [9.17, 15) is 8.42 Å². The van der Waals surface area contributed by atoms with Crippen molar-refractivity contribution in [1.29, 1.82) is 0 Å². The molecule has 1 aromatic rings. The van der Waals surface area contributed by atoms with Gasteiger partial charge in [-0.05, 0) is 45.8 Å². The van der Waals surface area contributed by atoms with Crippen molar-refractivity contribution >= 4 is 26.0 Å². The lowest BCUT2D eigenvalue weighted by Gasteiger charge is -2.28. The fourth-order valence-corrected chi connectivity index (χ4v) is 3.90. The van der Waals surface area contributed by atoms with Gasteiger partial charge in [-0.15, -0.1) is 0 Å². The number of nitrogens with zero attached hydrogens (tertiary/aromatic N) is 1. The summed E-state index contributed by atoms with van der Waals surface area (Å²) in [6.45, 7) is 0. The Bertz CT molecular complexity index is 693. The van der Waals surface area contributed by atoms with Crippen LogP contribution in [0.5, 0.6) is 0 Å². The predicted molar refractivity (Wildman–Crippen MR) is 76.6 cm³/mol. The van der Waals surface area contributed by atoms with Crippen LogP contribution >= 0.6 is 15.9 Å². The number of halogens is 1. The molecule has 4 nitrogen and oxygen atoms in total. The first-order chi connectivity index (χ1) is 9.09. The van der Waals surface area contributed by atoms with Crippen molar-refractivity contribution in [2.45, 2.75) is 11.1 Å². The van der Waals surface area contributed by atoms with Gasteiger partial charge in [-0.1, -0.05) is 18.2 Å². The maximum atomic E-state index is 12.5. The van der Waals surface area contributed by atoms with Gasteiger partial charge in [-0.3, -0.25) is 0 Å². The monoisotopic (exact) mass is 338 g/mol. The molecular formula is C13H11BrN2O2S. The molecule has 19 heavy (non-hydrogen) atoms. The topological polar surface area (TPSA) is 49.4 Å². The average Bonchev–Trinajstić information content (AvgIpc) is 2.83. The molecule has 2 heterocycles. The highest BCUT2D eigenvalue weighted by Gasteiger charge is 2.34. The highest BCUT2D eigenvalue weighted by molar-refractivity contribution is 9.11. The zero-order valence-electron chi connectivity index (χ0n) is 9.82. The molecule has 0 saturated heterocycles. The molecule has 0 aromatic heterocycles. The summed E-state index contributed by atoms with van der Waals surface area (Å²) in [5.74, 6) is 0. The number of allylic oxidation sites excluding steroid dienone is 2. The molecule has 0 aliphatic carbocycles. The van der Waals surface area contributed by atoms with Gasteiger partial charge in [0.25, 0.3) is 10.0 Å². The Labute approximate surface area is 120 Å². The van der Waals surface area contributed by atoms with E-state index in [2.05, 4.69) is 21.2 Å². The lowest BCUT2D eigenvalue weighted by molar-refractivity contribution is 0.426. The van der Waals surface area contributed by atoms with Gasteiger partial charge in [0.05, 0.1) is 4.90 Å². The molecule has 0 bridgehead atoms. The number of hydrogen-bond acceptors (Lipinski definition) is 3. The van der Waals surface area contributed by atoms with Crippen LogP contribution in [0.3, 0.4) is 0 Å². The van der Waals surface area contributed by atoms with Gasteiger partial charge in [-0.2, -0.15) is 0 Å². The minimum atomic E-state index is -3.53. The Morgan fingerprint density at radius 1 is 1.21 bits per heavy atom. The Balaban J connectivity index is 1.98. The van der Waals surface area contributed by atoms with Crippen LogP contribution in [0.25, 0.3) is 0 Å². The van der Waals surface area contributed by atoms with Gasteiger partial charge in [0, 0.05) is 16.9 Å². The molecule has 1 atom stereocenters. The first-order valence-corrected chi connectivity index (χ1v) is 7.92. The van der Waals surface area contributed by atoms with Crippen molar-refractivity contribution in [1.82, 2.24) is 9.62 Å². The van der Waals surface area contributed by atoms with Gasteiger partial charge < -0.3 is 5.32 Å². The molecule has 3 rings (SSSR count). The minimum Gasteiger partial charge on any atom is -0.366 e. The molecule has 6 heteroatoms. The van der Waals surface area contributed by atoms with E-state index in [-0.39, 0.29) is 11.1 Å². The van der Waals surface area contributed by atoms with Crippen molar-refractivity contribution in [2.24, 2.45) is 0 Å². The molecule has 2 aliphatic rings. The van der Waals surface area contributed by atoms with Gasteiger partial charge in [-0.25, -0.2) is 12.7 Å². The number of rotatable bonds is 2. The normalized spacial score (nSPS) is 21.5. The molecule has 98 valence electrons. The van der Waals surface area contributed by atoms with Crippen LogP contribution in [0, 0.1) is 0 Å². The first-order valence-electron chi connectivity index (χ1n) is 5.69. The molecule has 1 aromatic carbocycles. The third-order valence-corrected chi connectivity index (χ3v) is 5.20. The van der Waals surface area contributed by atoms with Crippen LogP contribution in [0.2, 0.25) is 0 Å². The summed E-state index contributed by atoms with van der Waals surface area (Å²) in [5.41, 5.74) is 0.911. The largest absolute Gasteiger partial charge is 0.366 e. The van der Waals surface area contributed by atoms with Crippen LogP contribution in [0.15, 0.2) is 69.8 Å². The van der Waals surface area contributed by atoms with Gasteiger partial charge in [0.2, 0.25) is 0 Å². The standard InChI is InChI=1S/C13H11BrN2O2S/c14-11-8-10-6-7-16(13(10)15-9-11)19(17,18)12-4-2-1-3-5-12/h1-9,13,15H. The average molecular weight is 339 g/mol. The zero-order chi connectivity index (χ0) is 13.5. The summed E-state index contributed by atoms with van der Waals surface area (Å²) in [4.78, 5) is 0.288. The Morgan fingerprint density at radius 3 is 2.68 bits per heavy atom. The van der Waals surface area contributed by atoms with Crippen LogP contribution in [-0.2, 0) is 10.0 Å². The molecule has 2 aliphatic heterocycles. The summed E-state index contributed by atoms with van der Waals surface area (Å²) in [6.07, 6.45) is 6.66. The van der Waals surface area contributed by atoms with Gasteiger partial charge in [0.15, 0.2) is 0 Å². The maximum absolute atomic E-state index is 12.5. The number of dihydropyridines is 1. The Kier molecular flexibility index (Phi) is 2.99. The second-order valence-electron chi connectivity index (χ2n) is 4.21. The summed E-state index contributed by atoms with van der Waals surface area (Å²) in [7, 11) is -3.53. The second-order valence-corrected chi connectivity index (χ2v) is 6.97. The highest BCUT2D eigenvalue weighted by atomic mass is 79.9. The fraction of sp³-hybridized carbons (Fsp3) is 0.0769. The maximum Gasteiger partial charge on any atom is 0.265 e. The lowest BCUT2D eigenvalue weighted by Crippen LogP contribution is -2.42. The minimum absolute atomic E-state index is 0.288. The Hall–Kier alpha value is -1.53. The summed E-state index contributed by atoms with van der Waals surface area (Å²) < 4.78 is 27.3. The second kappa shape index (κ2) is 4.54. The van der Waals surface area contributed by atoms with Crippen molar-refractivity contribution < 1.29 is 8.42 Å². The van der Waals surface area contributed by atoms with Crippen molar-refractivity contribution in [3.63, 3.8) is 0 Å². The van der Waals surface area contributed by atoms with Crippen molar-refractivity contribution in [3.05, 3.63) is 64.9 Å². The van der Waals surface area contributed by atoms with E-state index in [0.717, 1.165) is 10.1 Å². The van der Waals surface area contributed by atoms with E-state index < -0.39 is 10.0 Å². The molecule has 0 fully saturated rings. The third-order valence-electron chi connectivity index (χ3n) is 2.99. The first kappa shape index (κ1) is 12.5. The third kappa shape index (κ3) is 2.11.